The molecule has 0 aliphatic rings. The minimum Gasteiger partial charge on any atom is -0.330 e. The van der Waals surface area contributed by atoms with Crippen LogP contribution >= 0.6 is 0 Å². The fourth-order valence-corrected chi connectivity index (χ4v) is 1.90. The second-order valence-electron chi connectivity index (χ2n) is 4.50. The van der Waals surface area contributed by atoms with Crippen LogP contribution in [0.4, 0.5) is 0 Å². The molecular weight excluding hydrogens is 210 g/mol. The van der Waals surface area contributed by atoms with Crippen LogP contribution in [0.15, 0.2) is 36.4 Å². The van der Waals surface area contributed by atoms with Gasteiger partial charge in [0.15, 0.2) is 0 Å². The third kappa shape index (κ3) is 2.56. The van der Waals surface area contributed by atoms with Crippen molar-refractivity contribution in [3.8, 4) is 5.69 Å². The molecule has 0 amide bonds. The van der Waals surface area contributed by atoms with Crippen LogP contribution in [-0.4, -0.2) is 16.3 Å². The summed E-state index contributed by atoms with van der Waals surface area (Å²) in [4.78, 5) is 0. The van der Waals surface area contributed by atoms with E-state index in [1.807, 2.05) is 22.9 Å². The molecule has 0 saturated carbocycles. The Bertz CT molecular complexity index is 471. The molecule has 0 aliphatic heterocycles. The molecule has 0 spiro atoms. The third-order valence-electron chi connectivity index (χ3n) is 2.78. The predicted octanol–water partition coefficient (Wildman–Crippen LogP) is 2.50. The molecule has 1 heterocycles. The maximum atomic E-state index is 5.59. The second-order valence-corrected chi connectivity index (χ2v) is 4.50. The zero-order valence-electron chi connectivity index (χ0n) is 10.4. The summed E-state index contributed by atoms with van der Waals surface area (Å²) in [5, 5.41) is 4.63. The average Bonchev–Trinajstić information content (AvgIpc) is 2.75. The van der Waals surface area contributed by atoms with Crippen molar-refractivity contribution >= 4 is 0 Å². The van der Waals surface area contributed by atoms with Gasteiger partial charge < -0.3 is 5.73 Å². The largest absolute Gasteiger partial charge is 0.330 e. The molecule has 0 unspecified atom stereocenters. The van der Waals surface area contributed by atoms with Crippen molar-refractivity contribution in [3.05, 3.63) is 47.8 Å². The maximum absolute atomic E-state index is 5.59. The number of para-hydroxylation sites is 1. The first-order valence-corrected chi connectivity index (χ1v) is 6.06. The van der Waals surface area contributed by atoms with Crippen molar-refractivity contribution < 1.29 is 0 Å². The van der Waals surface area contributed by atoms with Crippen LogP contribution in [0.3, 0.4) is 0 Å². The van der Waals surface area contributed by atoms with Crippen molar-refractivity contribution in [1.29, 1.82) is 0 Å². The Balaban J connectivity index is 2.44. The summed E-state index contributed by atoms with van der Waals surface area (Å²) in [5.41, 5.74) is 9.00. The van der Waals surface area contributed by atoms with E-state index in [2.05, 4.69) is 37.1 Å². The molecule has 0 fully saturated rings. The Morgan fingerprint density at radius 2 is 1.94 bits per heavy atom. The van der Waals surface area contributed by atoms with Gasteiger partial charge in [0.25, 0.3) is 0 Å². The summed E-state index contributed by atoms with van der Waals surface area (Å²) in [6.45, 7) is 5.01. The Morgan fingerprint density at radius 3 is 2.53 bits per heavy atom. The Hall–Kier alpha value is -1.61. The predicted molar refractivity (Wildman–Crippen MR) is 70.4 cm³/mol. The first-order chi connectivity index (χ1) is 8.22. The van der Waals surface area contributed by atoms with Crippen LogP contribution in [-0.2, 0) is 6.42 Å². The highest BCUT2D eigenvalue weighted by molar-refractivity contribution is 5.34. The van der Waals surface area contributed by atoms with Crippen molar-refractivity contribution in [2.45, 2.75) is 26.2 Å². The van der Waals surface area contributed by atoms with E-state index in [9.17, 15) is 0 Å². The van der Waals surface area contributed by atoms with E-state index < -0.39 is 0 Å². The molecular formula is C14H19N3. The van der Waals surface area contributed by atoms with E-state index in [1.54, 1.807) is 0 Å². The Labute approximate surface area is 102 Å². The zero-order chi connectivity index (χ0) is 12.3. The van der Waals surface area contributed by atoms with Gasteiger partial charge in [0, 0.05) is 12.1 Å². The molecule has 90 valence electrons. The summed E-state index contributed by atoms with van der Waals surface area (Å²) in [5.74, 6) is 0.453. The van der Waals surface area contributed by atoms with Gasteiger partial charge in [-0.05, 0) is 30.7 Å². The molecule has 2 aromatic rings. The van der Waals surface area contributed by atoms with Crippen molar-refractivity contribution in [2.24, 2.45) is 5.73 Å². The summed E-state index contributed by atoms with van der Waals surface area (Å²) in [7, 11) is 0. The topological polar surface area (TPSA) is 43.8 Å². The Kier molecular flexibility index (Phi) is 3.59. The number of benzene rings is 1. The SMILES string of the molecule is CC(C)c1cc(CCN)nn1-c1ccccc1. The molecule has 0 atom stereocenters. The van der Waals surface area contributed by atoms with Crippen molar-refractivity contribution in [2.75, 3.05) is 6.54 Å². The quantitative estimate of drug-likeness (QED) is 0.875. The van der Waals surface area contributed by atoms with E-state index in [1.165, 1.54) is 5.69 Å². The lowest BCUT2D eigenvalue weighted by molar-refractivity contribution is 0.726. The summed E-state index contributed by atoms with van der Waals surface area (Å²) in [6.07, 6.45) is 0.833. The summed E-state index contributed by atoms with van der Waals surface area (Å²) >= 11 is 0. The van der Waals surface area contributed by atoms with Gasteiger partial charge in [-0.2, -0.15) is 5.10 Å². The molecule has 0 aliphatic carbocycles. The lowest BCUT2D eigenvalue weighted by Crippen LogP contribution is -2.05. The lowest BCUT2D eigenvalue weighted by atomic mass is 10.1. The maximum Gasteiger partial charge on any atom is 0.0649 e. The van der Waals surface area contributed by atoms with Gasteiger partial charge in [-0.15, -0.1) is 0 Å². The molecule has 2 rings (SSSR count). The fourth-order valence-electron chi connectivity index (χ4n) is 1.90. The summed E-state index contributed by atoms with van der Waals surface area (Å²) < 4.78 is 2.02. The van der Waals surface area contributed by atoms with Crippen LogP contribution in [0, 0.1) is 0 Å². The zero-order valence-corrected chi connectivity index (χ0v) is 10.4. The minimum atomic E-state index is 0.453. The van der Waals surface area contributed by atoms with Gasteiger partial charge in [0.1, 0.15) is 0 Å². The molecule has 0 radical (unpaired) electrons. The van der Waals surface area contributed by atoms with E-state index in [0.29, 0.717) is 12.5 Å². The van der Waals surface area contributed by atoms with E-state index >= 15 is 0 Å². The van der Waals surface area contributed by atoms with Crippen LogP contribution in [0.1, 0.15) is 31.2 Å². The fraction of sp³-hybridized carbons (Fsp3) is 0.357. The van der Waals surface area contributed by atoms with Gasteiger partial charge >= 0.3 is 0 Å². The monoisotopic (exact) mass is 229 g/mol. The van der Waals surface area contributed by atoms with Gasteiger partial charge in [-0.25, -0.2) is 4.68 Å². The molecule has 1 aromatic heterocycles. The average molecular weight is 229 g/mol. The number of nitrogens with two attached hydrogens (primary N) is 1. The van der Waals surface area contributed by atoms with Gasteiger partial charge in [0.05, 0.1) is 11.4 Å². The van der Waals surface area contributed by atoms with Crippen molar-refractivity contribution in [3.63, 3.8) is 0 Å². The molecule has 0 bridgehead atoms. The highest BCUT2D eigenvalue weighted by Crippen LogP contribution is 2.20. The van der Waals surface area contributed by atoms with Crippen LogP contribution in [0.5, 0.6) is 0 Å². The van der Waals surface area contributed by atoms with Crippen molar-refractivity contribution in [1.82, 2.24) is 9.78 Å². The van der Waals surface area contributed by atoms with Crippen LogP contribution < -0.4 is 5.73 Å². The number of aromatic nitrogens is 2. The van der Waals surface area contributed by atoms with Crippen LogP contribution in [0.2, 0.25) is 0 Å². The lowest BCUT2D eigenvalue weighted by Gasteiger charge is -2.09. The highest BCUT2D eigenvalue weighted by Gasteiger charge is 2.11. The first kappa shape index (κ1) is 11.9. The molecule has 3 nitrogen and oxygen atoms in total. The molecule has 0 saturated heterocycles. The molecule has 1 aromatic carbocycles. The summed E-state index contributed by atoms with van der Waals surface area (Å²) in [6, 6.07) is 12.4. The normalized spacial score (nSPS) is 11.1. The van der Waals surface area contributed by atoms with E-state index in [-0.39, 0.29) is 0 Å². The number of rotatable bonds is 4. The van der Waals surface area contributed by atoms with Gasteiger partial charge in [-0.3, -0.25) is 0 Å². The molecule has 3 heteroatoms. The highest BCUT2D eigenvalue weighted by atomic mass is 15.3. The van der Waals surface area contributed by atoms with E-state index in [0.717, 1.165) is 17.8 Å². The second kappa shape index (κ2) is 5.15. The Morgan fingerprint density at radius 1 is 1.24 bits per heavy atom. The molecule has 2 N–H and O–H groups in total. The van der Waals surface area contributed by atoms with Gasteiger partial charge in [-0.1, -0.05) is 32.0 Å². The minimum absolute atomic E-state index is 0.453. The third-order valence-corrected chi connectivity index (χ3v) is 2.78. The molecule has 17 heavy (non-hydrogen) atoms. The smallest absolute Gasteiger partial charge is 0.0649 e. The first-order valence-electron chi connectivity index (χ1n) is 6.06. The number of hydrogen-bond acceptors (Lipinski definition) is 2. The van der Waals surface area contributed by atoms with Gasteiger partial charge in [0.2, 0.25) is 0 Å². The number of hydrogen-bond donors (Lipinski definition) is 1. The van der Waals surface area contributed by atoms with Crippen LogP contribution in [0.25, 0.3) is 5.69 Å². The number of nitrogens with zero attached hydrogens (tertiary/aromatic N) is 2. The van der Waals surface area contributed by atoms with E-state index in [4.69, 9.17) is 5.73 Å². The standard InChI is InChI=1S/C14H19N3/c1-11(2)14-10-12(8-9-15)16-17(14)13-6-4-3-5-7-13/h3-7,10-11H,8-9,15H2,1-2H3.